The molecule has 2 aromatic carbocycles. The Morgan fingerprint density at radius 2 is 1.79 bits per heavy atom. The molecule has 2 aromatic heterocycles. The average molecular weight is 529 g/mol. The van der Waals surface area contributed by atoms with Gasteiger partial charge in [0, 0.05) is 37.4 Å². The van der Waals surface area contributed by atoms with Gasteiger partial charge in [-0.2, -0.15) is 4.98 Å². The summed E-state index contributed by atoms with van der Waals surface area (Å²) >= 11 is 0. The van der Waals surface area contributed by atoms with Crippen molar-refractivity contribution in [1.29, 1.82) is 0 Å². The van der Waals surface area contributed by atoms with Gasteiger partial charge in [0.25, 0.3) is 5.89 Å². The summed E-state index contributed by atoms with van der Waals surface area (Å²) in [7, 11) is 1.69. The highest BCUT2D eigenvalue weighted by Gasteiger charge is 2.17. The van der Waals surface area contributed by atoms with E-state index in [1.807, 2.05) is 58.0 Å². The number of aryl methyl sites for hydroxylation is 2. The van der Waals surface area contributed by atoms with Crippen molar-refractivity contribution in [1.82, 2.24) is 15.1 Å². The molecule has 0 atom stereocenters. The van der Waals surface area contributed by atoms with Crippen molar-refractivity contribution in [3.63, 3.8) is 0 Å². The first-order valence-corrected chi connectivity index (χ1v) is 13.1. The van der Waals surface area contributed by atoms with Gasteiger partial charge in [0.1, 0.15) is 11.4 Å². The second-order valence-electron chi connectivity index (χ2n) is 10.5. The first kappa shape index (κ1) is 28.0. The molecule has 0 saturated carbocycles. The fourth-order valence-electron chi connectivity index (χ4n) is 4.31. The lowest BCUT2D eigenvalue weighted by Crippen LogP contribution is -2.24. The lowest BCUT2D eigenvalue weighted by Gasteiger charge is -2.19. The quantitative estimate of drug-likeness (QED) is 0.178. The standard InChI is InChI=1S/C31H36N4O4/c1-20-10-7-8-11-25(20)26-14-13-22(17-24(26)19-37-6)30-34-29(35-39-30)23-16-21(2)28(33-18-23)32-15-9-12-27(36)38-31(3,4)5/h7-8,10-11,13-14,16-18H,9,12,15,19H2,1-6H3,(H,32,33). The number of carbonyl (C=O) groups is 1. The number of ether oxygens (including phenoxy) is 2. The van der Waals surface area contributed by atoms with Crippen LogP contribution in [0.5, 0.6) is 0 Å². The summed E-state index contributed by atoms with van der Waals surface area (Å²) in [5.74, 6) is 1.45. The van der Waals surface area contributed by atoms with Crippen molar-refractivity contribution in [2.24, 2.45) is 0 Å². The van der Waals surface area contributed by atoms with Crippen molar-refractivity contribution in [3.8, 4) is 34.0 Å². The average Bonchev–Trinajstić information content (AvgIpc) is 3.37. The third-order valence-electron chi connectivity index (χ3n) is 6.12. The number of carbonyl (C=O) groups excluding carboxylic acids is 1. The van der Waals surface area contributed by atoms with E-state index in [0.29, 0.717) is 37.7 Å². The minimum atomic E-state index is -0.468. The van der Waals surface area contributed by atoms with Crippen LogP contribution in [0.4, 0.5) is 5.82 Å². The second kappa shape index (κ2) is 12.2. The number of nitrogens with zero attached hydrogens (tertiary/aromatic N) is 3. The van der Waals surface area contributed by atoms with Gasteiger partial charge in [-0.05, 0) is 87.1 Å². The fraction of sp³-hybridized carbons (Fsp3) is 0.355. The zero-order valence-corrected chi connectivity index (χ0v) is 23.5. The van der Waals surface area contributed by atoms with Crippen LogP contribution in [-0.4, -0.2) is 40.3 Å². The van der Waals surface area contributed by atoms with Gasteiger partial charge in [0.15, 0.2) is 0 Å². The number of hydrogen-bond acceptors (Lipinski definition) is 8. The van der Waals surface area contributed by atoms with Gasteiger partial charge >= 0.3 is 5.97 Å². The van der Waals surface area contributed by atoms with E-state index >= 15 is 0 Å². The maximum atomic E-state index is 11.9. The molecule has 4 aromatic rings. The predicted octanol–water partition coefficient (Wildman–Crippen LogP) is 6.76. The number of hydrogen-bond donors (Lipinski definition) is 1. The smallest absolute Gasteiger partial charge is 0.306 e. The van der Waals surface area contributed by atoms with Crippen LogP contribution in [0.1, 0.15) is 50.3 Å². The molecule has 0 radical (unpaired) electrons. The summed E-state index contributed by atoms with van der Waals surface area (Å²) in [6.07, 6.45) is 2.72. The van der Waals surface area contributed by atoms with Gasteiger partial charge in [-0.1, -0.05) is 35.5 Å². The molecule has 0 spiro atoms. The van der Waals surface area contributed by atoms with Crippen LogP contribution >= 0.6 is 0 Å². The summed E-state index contributed by atoms with van der Waals surface area (Å²) in [5, 5.41) is 7.49. The molecule has 1 N–H and O–H groups in total. The van der Waals surface area contributed by atoms with E-state index in [-0.39, 0.29) is 5.97 Å². The molecular weight excluding hydrogens is 492 g/mol. The van der Waals surface area contributed by atoms with Crippen LogP contribution in [0.25, 0.3) is 34.0 Å². The highest BCUT2D eigenvalue weighted by atomic mass is 16.6. The number of anilines is 1. The molecular formula is C31H36N4O4. The predicted molar refractivity (Wildman–Crippen MR) is 152 cm³/mol. The van der Waals surface area contributed by atoms with E-state index in [1.165, 1.54) is 11.1 Å². The first-order chi connectivity index (χ1) is 18.6. The normalized spacial score (nSPS) is 11.4. The molecule has 204 valence electrons. The van der Waals surface area contributed by atoms with Gasteiger partial charge in [-0.25, -0.2) is 4.98 Å². The second-order valence-corrected chi connectivity index (χ2v) is 10.5. The first-order valence-electron chi connectivity index (χ1n) is 13.1. The van der Waals surface area contributed by atoms with Crippen molar-refractivity contribution < 1.29 is 18.8 Å². The molecule has 0 fully saturated rings. The Kier molecular flexibility index (Phi) is 8.76. The number of esters is 1. The number of pyridine rings is 1. The number of nitrogens with one attached hydrogen (secondary N) is 1. The lowest BCUT2D eigenvalue weighted by molar-refractivity contribution is -0.154. The molecule has 0 aliphatic rings. The van der Waals surface area contributed by atoms with Crippen molar-refractivity contribution in [3.05, 3.63) is 71.4 Å². The molecule has 2 heterocycles. The van der Waals surface area contributed by atoms with Gasteiger partial charge < -0.3 is 19.3 Å². The van der Waals surface area contributed by atoms with Gasteiger partial charge in [-0.15, -0.1) is 0 Å². The van der Waals surface area contributed by atoms with Crippen molar-refractivity contribution in [2.75, 3.05) is 19.0 Å². The van der Waals surface area contributed by atoms with Crippen LogP contribution in [0, 0.1) is 13.8 Å². The van der Waals surface area contributed by atoms with Crippen molar-refractivity contribution >= 4 is 11.8 Å². The number of methoxy groups -OCH3 is 1. The maximum absolute atomic E-state index is 11.9. The molecule has 0 unspecified atom stereocenters. The Morgan fingerprint density at radius 1 is 1.00 bits per heavy atom. The van der Waals surface area contributed by atoms with Crippen LogP contribution in [0.3, 0.4) is 0 Å². The van der Waals surface area contributed by atoms with E-state index in [2.05, 4.69) is 45.6 Å². The molecule has 0 amide bonds. The molecule has 0 aliphatic heterocycles. The van der Waals surface area contributed by atoms with Crippen LogP contribution < -0.4 is 5.32 Å². The minimum absolute atomic E-state index is 0.198. The highest BCUT2D eigenvalue weighted by Crippen LogP contribution is 2.32. The van der Waals surface area contributed by atoms with E-state index < -0.39 is 5.60 Å². The Hall–Kier alpha value is -4.04. The topological polar surface area (TPSA) is 99.4 Å². The maximum Gasteiger partial charge on any atom is 0.306 e. The third-order valence-corrected chi connectivity index (χ3v) is 6.12. The molecule has 0 saturated heterocycles. The van der Waals surface area contributed by atoms with E-state index in [4.69, 9.17) is 14.0 Å². The van der Waals surface area contributed by atoms with Crippen LogP contribution in [-0.2, 0) is 20.9 Å². The summed E-state index contributed by atoms with van der Waals surface area (Å²) in [6.45, 7) is 10.7. The van der Waals surface area contributed by atoms with Gasteiger partial charge in [0.2, 0.25) is 5.82 Å². The lowest BCUT2D eigenvalue weighted by atomic mass is 9.94. The fourth-order valence-corrected chi connectivity index (χ4v) is 4.31. The Labute approximate surface area is 229 Å². The summed E-state index contributed by atoms with van der Waals surface area (Å²) in [4.78, 5) is 21.1. The van der Waals surface area contributed by atoms with Gasteiger partial charge in [-0.3, -0.25) is 4.79 Å². The van der Waals surface area contributed by atoms with E-state index in [1.54, 1.807) is 13.3 Å². The third kappa shape index (κ3) is 7.29. The number of aromatic nitrogens is 3. The zero-order chi connectivity index (χ0) is 28.0. The SMILES string of the molecule is COCc1cc(-c2nc(-c3cnc(NCCCC(=O)OC(C)(C)C)c(C)c3)no2)ccc1-c1ccccc1C. The summed E-state index contributed by atoms with van der Waals surface area (Å²) in [6, 6.07) is 16.4. The minimum Gasteiger partial charge on any atom is -0.460 e. The van der Waals surface area contributed by atoms with Gasteiger partial charge in [0.05, 0.1) is 6.61 Å². The summed E-state index contributed by atoms with van der Waals surface area (Å²) < 4.78 is 16.5. The molecule has 8 heteroatoms. The number of benzene rings is 2. The zero-order valence-electron chi connectivity index (χ0n) is 23.5. The largest absolute Gasteiger partial charge is 0.460 e. The molecule has 0 aliphatic carbocycles. The highest BCUT2D eigenvalue weighted by molar-refractivity contribution is 5.74. The van der Waals surface area contributed by atoms with E-state index in [9.17, 15) is 4.79 Å². The Morgan fingerprint density at radius 3 is 2.51 bits per heavy atom. The van der Waals surface area contributed by atoms with E-state index in [0.717, 1.165) is 33.6 Å². The van der Waals surface area contributed by atoms with Crippen LogP contribution in [0.15, 0.2) is 59.3 Å². The Balaban J connectivity index is 1.45. The summed E-state index contributed by atoms with van der Waals surface area (Å²) in [5.41, 5.74) is 6.59. The number of rotatable bonds is 10. The Bertz CT molecular complexity index is 1440. The molecule has 4 rings (SSSR count). The van der Waals surface area contributed by atoms with Crippen molar-refractivity contribution in [2.45, 2.75) is 59.7 Å². The van der Waals surface area contributed by atoms with Crippen LogP contribution in [0.2, 0.25) is 0 Å². The molecule has 8 nitrogen and oxygen atoms in total. The molecule has 39 heavy (non-hydrogen) atoms. The molecule has 0 bridgehead atoms. The monoisotopic (exact) mass is 528 g/mol.